The zero-order valence-electron chi connectivity index (χ0n) is 16.4. The second-order valence-electron chi connectivity index (χ2n) is 6.91. The molecule has 2 atom stereocenters. The van der Waals surface area contributed by atoms with E-state index in [1.54, 1.807) is 0 Å². The minimum atomic E-state index is 0. The third kappa shape index (κ3) is 9.03. The smallest absolute Gasteiger partial charge is 0.168 e. The molecule has 0 amide bonds. The largest absolute Gasteiger partial charge is 1.00 e. The monoisotopic (exact) mass is 354 g/mol. The normalized spacial score (nSPS) is 13.5. The molecule has 0 fully saturated rings. The quantitative estimate of drug-likeness (QED) is 0.492. The number of nitrogens with zero attached hydrogens (tertiary/aromatic N) is 2. The predicted octanol–water partition coefficient (Wildman–Crippen LogP) is 2.08. The topological polar surface area (TPSA) is 7.12 Å². The van der Waals surface area contributed by atoms with Crippen LogP contribution in [0.25, 0.3) is 0 Å². The SMILES string of the molecule is CCCCN(CCCC)C(C)C(CC)CCC[n+]1ccccc1.[Cl-]. The maximum atomic E-state index is 2.76. The molecule has 24 heavy (non-hydrogen) atoms. The standard InChI is InChI=1S/C21H39N2.ClH/c1-5-8-18-23(19-9-6-2)20(4)21(7-3)14-13-17-22-15-11-10-12-16-22;/h10-12,15-16,20-21H,5-9,13-14,17-19H2,1-4H3;1H/q+1;/p-1. The van der Waals surface area contributed by atoms with Crippen LogP contribution in [0.15, 0.2) is 30.6 Å². The van der Waals surface area contributed by atoms with Crippen LogP contribution in [0.4, 0.5) is 0 Å². The summed E-state index contributed by atoms with van der Waals surface area (Å²) in [5.41, 5.74) is 0. The molecule has 0 aliphatic rings. The van der Waals surface area contributed by atoms with Crippen molar-refractivity contribution < 1.29 is 17.0 Å². The van der Waals surface area contributed by atoms with E-state index in [1.165, 1.54) is 58.0 Å². The molecule has 2 nitrogen and oxygen atoms in total. The Balaban J connectivity index is 0.00000529. The van der Waals surface area contributed by atoms with Crippen LogP contribution in [0.5, 0.6) is 0 Å². The molecule has 0 aliphatic carbocycles. The molecule has 0 bridgehead atoms. The predicted molar refractivity (Wildman–Crippen MR) is 101 cm³/mol. The van der Waals surface area contributed by atoms with Crippen LogP contribution in [0, 0.1) is 5.92 Å². The van der Waals surface area contributed by atoms with Gasteiger partial charge < -0.3 is 17.3 Å². The van der Waals surface area contributed by atoms with E-state index >= 15 is 0 Å². The summed E-state index contributed by atoms with van der Waals surface area (Å²) in [6.45, 7) is 13.1. The summed E-state index contributed by atoms with van der Waals surface area (Å²) in [4.78, 5) is 2.76. The van der Waals surface area contributed by atoms with E-state index in [9.17, 15) is 0 Å². The van der Waals surface area contributed by atoms with Gasteiger partial charge in [-0.2, -0.15) is 0 Å². The van der Waals surface area contributed by atoms with Gasteiger partial charge in [-0.1, -0.05) is 46.1 Å². The fraction of sp³-hybridized carbons (Fsp3) is 0.762. The molecule has 3 heteroatoms. The molecule has 0 aliphatic heterocycles. The van der Waals surface area contributed by atoms with E-state index < -0.39 is 0 Å². The first-order chi connectivity index (χ1) is 11.2. The Morgan fingerprint density at radius 2 is 1.46 bits per heavy atom. The van der Waals surface area contributed by atoms with Crippen molar-refractivity contribution in [1.82, 2.24) is 4.90 Å². The lowest BCUT2D eigenvalue weighted by atomic mass is 9.91. The van der Waals surface area contributed by atoms with Gasteiger partial charge in [-0.3, -0.25) is 0 Å². The lowest BCUT2D eigenvalue weighted by molar-refractivity contribution is -0.697. The third-order valence-electron chi connectivity index (χ3n) is 5.15. The number of rotatable bonds is 13. The summed E-state index contributed by atoms with van der Waals surface area (Å²) in [7, 11) is 0. The highest BCUT2D eigenvalue weighted by atomic mass is 35.5. The summed E-state index contributed by atoms with van der Waals surface area (Å²) < 4.78 is 2.31. The second kappa shape index (κ2) is 14.7. The molecular formula is C21H39ClN2. The molecule has 0 saturated heterocycles. The zero-order valence-corrected chi connectivity index (χ0v) is 17.1. The van der Waals surface area contributed by atoms with Gasteiger partial charge >= 0.3 is 0 Å². The van der Waals surface area contributed by atoms with Crippen molar-refractivity contribution in [3.63, 3.8) is 0 Å². The first-order valence-corrected chi connectivity index (χ1v) is 9.91. The fourth-order valence-electron chi connectivity index (χ4n) is 3.45. The van der Waals surface area contributed by atoms with Gasteiger partial charge in [-0.25, -0.2) is 4.57 Å². The molecule has 0 radical (unpaired) electrons. The number of hydrogen-bond acceptors (Lipinski definition) is 1. The molecule has 1 heterocycles. The Morgan fingerprint density at radius 3 is 1.96 bits per heavy atom. The first-order valence-electron chi connectivity index (χ1n) is 9.91. The maximum absolute atomic E-state index is 2.76. The molecule has 1 aromatic heterocycles. The van der Waals surface area contributed by atoms with E-state index in [0.717, 1.165) is 18.5 Å². The van der Waals surface area contributed by atoms with Crippen molar-refractivity contribution >= 4 is 0 Å². The number of aromatic nitrogens is 1. The van der Waals surface area contributed by atoms with Crippen molar-refractivity contribution in [3.8, 4) is 0 Å². The second-order valence-corrected chi connectivity index (χ2v) is 6.91. The number of unbranched alkanes of at least 4 members (excludes halogenated alkanes) is 2. The molecule has 1 aromatic rings. The van der Waals surface area contributed by atoms with Gasteiger partial charge in [-0.05, 0) is 45.2 Å². The van der Waals surface area contributed by atoms with E-state index in [4.69, 9.17) is 0 Å². The average Bonchev–Trinajstić information content (AvgIpc) is 2.59. The molecule has 2 unspecified atom stereocenters. The molecular weight excluding hydrogens is 316 g/mol. The van der Waals surface area contributed by atoms with Gasteiger partial charge in [0.15, 0.2) is 12.4 Å². The third-order valence-corrected chi connectivity index (χ3v) is 5.15. The van der Waals surface area contributed by atoms with Crippen LogP contribution in [0.1, 0.15) is 72.6 Å². The van der Waals surface area contributed by atoms with Crippen molar-refractivity contribution in [2.75, 3.05) is 13.1 Å². The molecule has 0 aromatic carbocycles. The van der Waals surface area contributed by atoms with Crippen LogP contribution < -0.4 is 17.0 Å². The Bertz CT molecular complexity index is 375. The Morgan fingerprint density at radius 1 is 0.875 bits per heavy atom. The van der Waals surface area contributed by atoms with Gasteiger partial charge in [0.05, 0.1) is 0 Å². The van der Waals surface area contributed by atoms with Crippen molar-refractivity contribution in [2.24, 2.45) is 5.92 Å². The summed E-state index contributed by atoms with van der Waals surface area (Å²) in [6.07, 6.45) is 13.6. The van der Waals surface area contributed by atoms with Crippen molar-refractivity contribution in [2.45, 2.75) is 85.2 Å². The summed E-state index contributed by atoms with van der Waals surface area (Å²) >= 11 is 0. The van der Waals surface area contributed by atoms with Crippen LogP contribution in [-0.4, -0.2) is 24.0 Å². The molecule has 1 rings (SSSR count). The lowest BCUT2D eigenvalue weighted by Crippen LogP contribution is -3.00. The van der Waals surface area contributed by atoms with Gasteiger partial charge in [0.25, 0.3) is 0 Å². The van der Waals surface area contributed by atoms with Gasteiger partial charge in [0, 0.05) is 24.6 Å². The minimum absolute atomic E-state index is 0. The Kier molecular flexibility index (Phi) is 14.4. The first kappa shape index (κ1) is 23.4. The highest BCUT2D eigenvalue weighted by Crippen LogP contribution is 2.21. The van der Waals surface area contributed by atoms with Gasteiger partial charge in [-0.15, -0.1) is 0 Å². The highest BCUT2D eigenvalue weighted by Gasteiger charge is 2.21. The molecule has 0 saturated carbocycles. The number of hydrogen-bond donors (Lipinski definition) is 0. The average molecular weight is 355 g/mol. The number of pyridine rings is 1. The Hall–Kier alpha value is -0.600. The molecule has 0 spiro atoms. The summed E-state index contributed by atoms with van der Waals surface area (Å²) in [5, 5.41) is 0. The molecule has 140 valence electrons. The number of halogens is 1. The van der Waals surface area contributed by atoms with E-state index in [1.807, 2.05) is 0 Å². The maximum Gasteiger partial charge on any atom is 0.168 e. The van der Waals surface area contributed by atoms with E-state index in [2.05, 4.69) is 67.8 Å². The van der Waals surface area contributed by atoms with Crippen LogP contribution >= 0.6 is 0 Å². The van der Waals surface area contributed by atoms with E-state index in [0.29, 0.717) is 0 Å². The zero-order chi connectivity index (χ0) is 16.9. The fourth-order valence-corrected chi connectivity index (χ4v) is 3.45. The van der Waals surface area contributed by atoms with Crippen molar-refractivity contribution in [1.29, 1.82) is 0 Å². The van der Waals surface area contributed by atoms with E-state index in [-0.39, 0.29) is 12.4 Å². The number of aryl methyl sites for hydroxylation is 1. The lowest BCUT2D eigenvalue weighted by Gasteiger charge is -2.34. The van der Waals surface area contributed by atoms with Crippen LogP contribution in [0.3, 0.4) is 0 Å². The van der Waals surface area contributed by atoms with Crippen LogP contribution in [-0.2, 0) is 6.54 Å². The summed E-state index contributed by atoms with van der Waals surface area (Å²) in [5.74, 6) is 0.827. The highest BCUT2D eigenvalue weighted by molar-refractivity contribution is 4.83. The van der Waals surface area contributed by atoms with Crippen LogP contribution in [0.2, 0.25) is 0 Å². The van der Waals surface area contributed by atoms with Gasteiger partial charge in [0.2, 0.25) is 0 Å². The minimum Gasteiger partial charge on any atom is -1.00 e. The van der Waals surface area contributed by atoms with Gasteiger partial charge in [0.1, 0.15) is 6.54 Å². The summed E-state index contributed by atoms with van der Waals surface area (Å²) in [6, 6.07) is 7.06. The molecule has 0 N–H and O–H groups in total. The Labute approximate surface area is 157 Å². The van der Waals surface area contributed by atoms with Crippen molar-refractivity contribution in [3.05, 3.63) is 30.6 Å².